The van der Waals surface area contributed by atoms with Crippen LogP contribution in [0.5, 0.6) is 0 Å². The molecule has 7 heteroatoms. The number of carbonyl (C=O) groups is 1. The van der Waals surface area contributed by atoms with Crippen LogP contribution in [0.1, 0.15) is 6.42 Å². The second-order valence-corrected chi connectivity index (χ2v) is 4.45. The Morgan fingerprint density at radius 3 is 3.00 bits per heavy atom. The van der Waals surface area contributed by atoms with Crippen molar-refractivity contribution in [2.45, 2.75) is 11.3 Å². The minimum Gasteiger partial charge on any atom is -0.341 e. The maximum absolute atomic E-state index is 11.6. The van der Waals surface area contributed by atoms with E-state index in [0.717, 1.165) is 0 Å². The fourth-order valence-electron chi connectivity index (χ4n) is 1.23. The minimum atomic E-state index is -3.71. The molecule has 2 rings (SSSR count). The Bertz CT molecular complexity index is 536. The summed E-state index contributed by atoms with van der Waals surface area (Å²) in [7, 11) is -3.71. The smallest absolute Gasteiger partial charge is 0.287 e. The second-order valence-electron chi connectivity index (χ2n) is 2.88. The van der Waals surface area contributed by atoms with Crippen molar-refractivity contribution < 1.29 is 13.2 Å². The second kappa shape index (κ2) is 3.43. The highest BCUT2D eigenvalue weighted by Crippen LogP contribution is 2.25. The summed E-state index contributed by atoms with van der Waals surface area (Å²) in [5, 5.41) is 2.75. The average Bonchev–Trinajstić information content (AvgIpc) is 2.17. The molecular formula is C8H7N3O3S. The van der Waals surface area contributed by atoms with Gasteiger partial charge >= 0.3 is 0 Å². The summed E-state index contributed by atoms with van der Waals surface area (Å²) in [6.45, 7) is 0. The normalized spacial score (nSPS) is 17.2. The van der Waals surface area contributed by atoms with Gasteiger partial charge in [0, 0.05) is 12.4 Å². The number of amidine groups is 1. The molecule has 0 unspecified atom stereocenters. The molecule has 0 atom stereocenters. The molecule has 0 saturated carbocycles. The van der Waals surface area contributed by atoms with Gasteiger partial charge in [-0.3, -0.25) is 4.98 Å². The van der Waals surface area contributed by atoms with Crippen LogP contribution >= 0.6 is 0 Å². The van der Waals surface area contributed by atoms with Crippen molar-refractivity contribution in [1.82, 2.24) is 4.98 Å². The molecule has 0 spiro atoms. The maximum Gasteiger partial charge on any atom is 0.287 e. The van der Waals surface area contributed by atoms with Gasteiger partial charge in [0.1, 0.15) is 17.0 Å². The Morgan fingerprint density at radius 1 is 1.47 bits per heavy atom. The van der Waals surface area contributed by atoms with Crippen molar-refractivity contribution in [1.29, 1.82) is 0 Å². The van der Waals surface area contributed by atoms with Crippen LogP contribution in [0, 0.1) is 0 Å². The van der Waals surface area contributed by atoms with Gasteiger partial charge in [-0.05, 0) is 6.07 Å². The molecule has 6 nitrogen and oxygen atoms in total. The summed E-state index contributed by atoms with van der Waals surface area (Å²) in [5.41, 5.74) is 0.400. The van der Waals surface area contributed by atoms with E-state index in [-0.39, 0.29) is 17.2 Å². The van der Waals surface area contributed by atoms with Crippen LogP contribution < -0.4 is 5.32 Å². The molecule has 1 aliphatic rings. The molecule has 0 radical (unpaired) electrons. The van der Waals surface area contributed by atoms with Gasteiger partial charge in [-0.1, -0.05) is 0 Å². The van der Waals surface area contributed by atoms with Crippen LogP contribution in [-0.2, 0) is 14.8 Å². The van der Waals surface area contributed by atoms with Crippen LogP contribution in [0.3, 0.4) is 0 Å². The van der Waals surface area contributed by atoms with Crippen molar-refractivity contribution in [3.05, 3.63) is 18.5 Å². The summed E-state index contributed by atoms with van der Waals surface area (Å²) >= 11 is 0. The Kier molecular flexibility index (Phi) is 2.24. The van der Waals surface area contributed by atoms with Crippen LogP contribution in [0.25, 0.3) is 0 Å². The Balaban J connectivity index is 2.54. The highest BCUT2D eigenvalue weighted by molar-refractivity contribution is 7.90. The lowest BCUT2D eigenvalue weighted by molar-refractivity contribution is -0.106. The van der Waals surface area contributed by atoms with Crippen molar-refractivity contribution in [2.24, 2.45) is 4.40 Å². The van der Waals surface area contributed by atoms with Crippen LogP contribution in [0.4, 0.5) is 5.69 Å². The van der Waals surface area contributed by atoms with Gasteiger partial charge in [0.15, 0.2) is 0 Å². The van der Waals surface area contributed by atoms with E-state index in [1.54, 1.807) is 0 Å². The van der Waals surface area contributed by atoms with Gasteiger partial charge in [0.25, 0.3) is 10.0 Å². The molecule has 15 heavy (non-hydrogen) atoms. The molecular weight excluding hydrogens is 218 g/mol. The number of aldehydes is 1. The van der Waals surface area contributed by atoms with E-state index in [9.17, 15) is 13.2 Å². The predicted octanol–water partition coefficient (Wildman–Crippen LogP) is 0.183. The summed E-state index contributed by atoms with van der Waals surface area (Å²) in [4.78, 5) is 14.0. The quantitative estimate of drug-likeness (QED) is 0.725. The van der Waals surface area contributed by atoms with Crippen molar-refractivity contribution >= 4 is 27.8 Å². The third-order valence-electron chi connectivity index (χ3n) is 1.85. The number of nitrogens with one attached hydrogen (secondary N) is 1. The number of rotatable bonds is 2. The van der Waals surface area contributed by atoms with Crippen molar-refractivity contribution in [3.8, 4) is 0 Å². The summed E-state index contributed by atoms with van der Waals surface area (Å²) in [6, 6.07) is 1.52. The molecule has 1 N–H and O–H groups in total. The average molecular weight is 225 g/mol. The standard InChI is InChI=1S/C8H7N3O3S/c12-4-2-8-10-6-1-3-9-5-7(6)15(13,14)11-8/h1,3-5H,2H2,(H,10,11). The monoisotopic (exact) mass is 225 g/mol. The van der Waals surface area contributed by atoms with E-state index in [4.69, 9.17) is 0 Å². The minimum absolute atomic E-state index is 0.0275. The molecule has 0 aromatic carbocycles. The third-order valence-corrected chi connectivity index (χ3v) is 3.19. The maximum atomic E-state index is 11.6. The summed E-state index contributed by atoms with van der Waals surface area (Å²) in [6.07, 6.45) is 3.22. The molecule has 0 fully saturated rings. The lowest BCUT2D eigenvalue weighted by Crippen LogP contribution is -2.21. The molecule has 1 aromatic heterocycles. The molecule has 78 valence electrons. The Labute approximate surface area is 86.1 Å². The number of hydrogen-bond acceptors (Lipinski definition) is 5. The number of fused-ring (bicyclic) bond motifs is 1. The highest BCUT2D eigenvalue weighted by Gasteiger charge is 2.24. The number of anilines is 1. The number of nitrogens with zero attached hydrogens (tertiary/aromatic N) is 2. The Hall–Kier alpha value is -1.76. The predicted molar refractivity (Wildman–Crippen MR) is 53.2 cm³/mol. The SMILES string of the molecule is O=CCC1=NS(=O)(=O)c2cnccc2N1. The van der Waals surface area contributed by atoms with Gasteiger partial charge in [0.05, 0.1) is 12.1 Å². The van der Waals surface area contributed by atoms with Gasteiger partial charge in [-0.2, -0.15) is 8.42 Å². The first-order valence-electron chi connectivity index (χ1n) is 4.12. The van der Waals surface area contributed by atoms with E-state index in [0.29, 0.717) is 12.0 Å². The molecule has 0 aliphatic carbocycles. The van der Waals surface area contributed by atoms with Crippen LogP contribution in [0.15, 0.2) is 27.8 Å². The van der Waals surface area contributed by atoms with Crippen LogP contribution in [-0.4, -0.2) is 25.5 Å². The Morgan fingerprint density at radius 2 is 2.27 bits per heavy atom. The lowest BCUT2D eigenvalue weighted by Gasteiger charge is -2.15. The first-order valence-corrected chi connectivity index (χ1v) is 5.56. The van der Waals surface area contributed by atoms with E-state index in [1.165, 1.54) is 18.5 Å². The first-order chi connectivity index (χ1) is 7.13. The first kappa shape index (κ1) is 9.78. The zero-order chi connectivity index (χ0) is 10.9. The number of hydrogen-bond donors (Lipinski definition) is 1. The molecule has 0 bridgehead atoms. The highest BCUT2D eigenvalue weighted by atomic mass is 32.2. The molecule has 0 amide bonds. The topological polar surface area (TPSA) is 88.5 Å². The van der Waals surface area contributed by atoms with Crippen molar-refractivity contribution in [2.75, 3.05) is 5.32 Å². The number of sulfonamides is 1. The van der Waals surface area contributed by atoms with E-state index in [2.05, 4.69) is 14.7 Å². The molecule has 1 aliphatic heterocycles. The number of aromatic nitrogens is 1. The zero-order valence-electron chi connectivity index (χ0n) is 7.54. The van der Waals surface area contributed by atoms with E-state index >= 15 is 0 Å². The van der Waals surface area contributed by atoms with Crippen molar-refractivity contribution in [3.63, 3.8) is 0 Å². The fraction of sp³-hybridized carbons (Fsp3) is 0.125. The van der Waals surface area contributed by atoms with Gasteiger partial charge in [-0.25, -0.2) is 0 Å². The number of carbonyl (C=O) groups excluding carboxylic acids is 1. The van der Waals surface area contributed by atoms with Gasteiger partial charge in [-0.15, -0.1) is 4.40 Å². The summed E-state index contributed by atoms with van der Waals surface area (Å²) < 4.78 is 26.6. The van der Waals surface area contributed by atoms with Crippen LogP contribution in [0.2, 0.25) is 0 Å². The van der Waals surface area contributed by atoms with E-state index in [1.807, 2.05) is 0 Å². The largest absolute Gasteiger partial charge is 0.341 e. The lowest BCUT2D eigenvalue weighted by atomic mass is 10.3. The fourth-order valence-corrected chi connectivity index (χ4v) is 2.33. The molecule has 1 aromatic rings. The van der Waals surface area contributed by atoms with Gasteiger partial charge < -0.3 is 10.1 Å². The molecule has 2 heterocycles. The number of pyridine rings is 1. The third kappa shape index (κ3) is 1.73. The van der Waals surface area contributed by atoms with Gasteiger partial charge in [0.2, 0.25) is 0 Å². The summed E-state index contributed by atoms with van der Waals surface area (Å²) in [5.74, 6) is 0.128. The van der Waals surface area contributed by atoms with E-state index < -0.39 is 10.0 Å². The molecule has 0 saturated heterocycles. The zero-order valence-corrected chi connectivity index (χ0v) is 8.36.